The smallest absolute Gasteiger partial charge is 0.227 e. The van der Waals surface area contributed by atoms with Crippen LogP contribution in [0.25, 0.3) is 55.8 Å². The number of H-pyrrole nitrogens is 2. The molecule has 6 aromatic rings. The van der Waals surface area contributed by atoms with Crippen molar-refractivity contribution < 1.29 is 17.6 Å². The summed E-state index contributed by atoms with van der Waals surface area (Å²) >= 11 is 0. The number of nitrogens with two attached hydrogens (primary N) is 1. The summed E-state index contributed by atoms with van der Waals surface area (Å²) in [7, 11) is -3.66. The molecule has 7 rings (SSSR count). The molecule has 5 N–H and O–H groups in total. The fourth-order valence-electron chi connectivity index (χ4n) is 4.93. The van der Waals surface area contributed by atoms with Gasteiger partial charge in [0.15, 0.2) is 15.7 Å². The zero-order chi connectivity index (χ0) is 29.9. The van der Waals surface area contributed by atoms with Crippen LogP contribution in [0.2, 0.25) is 0 Å². The number of sulfone groups is 1. The Morgan fingerprint density at radius 1 is 1.02 bits per heavy atom. The Labute approximate surface area is 243 Å². The lowest BCUT2D eigenvalue weighted by Crippen LogP contribution is -2.20. The highest BCUT2D eigenvalue weighted by molar-refractivity contribution is 7.90. The first-order chi connectivity index (χ1) is 20.6. The first-order valence-corrected chi connectivity index (χ1v) is 15.3. The molecule has 1 fully saturated rings. The predicted octanol–water partition coefficient (Wildman–Crippen LogP) is 4.11. The van der Waals surface area contributed by atoms with Gasteiger partial charge in [-0.2, -0.15) is 5.10 Å². The van der Waals surface area contributed by atoms with Gasteiger partial charge in [0.25, 0.3) is 0 Å². The van der Waals surface area contributed by atoms with Crippen LogP contribution in [0.4, 0.5) is 10.1 Å². The van der Waals surface area contributed by atoms with Crippen molar-refractivity contribution in [2.24, 2.45) is 11.7 Å². The largest absolute Gasteiger partial charge is 0.335 e. The Bertz CT molecular complexity index is 2170. The van der Waals surface area contributed by atoms with Gasteiger partial charge >= 0.3 is 0 Å². The van der Waals surface area contributed by atoms with Gasteiger partial charge in [-0.05, 0) is 54.3 Å². The number of fused-ring (bicyclic) bond motifs is 2. The molecule has 12 nitrogen and oxygen atoms in total. The maximum Gasteiger partial charge on any atom is 0.227 e. The Balaban J connectivity index is 1.27. The van der Waals surface area contributed by atoms with E-state index in [0.717, 1.165) is 30.6 Å². The maximum absolute atomic E-state index is 14.6. The lowest BCUT2D eigenvalue weighted by molar-refractivity contribution is -0.117. The number of aromatic amines is 2. The number of nitrogens with zero attached hydrogens (tertiary/aromatic N) is 5. The summed E-state index contributed by atoms with van der Waals surface area (Å²) in [6.45, 7) is 0. The standard InChI is InChI=1S/C29H24FN9O3S/c1-43(41,42)27(31)16-4-15(5-18(30)6-16)21-11-33-12-24-25(21)37-28(36-24)26-20-8-22(34-13-23(20)38-39-26)17-7-19(10-32-9-17)35-29(40)14-2-3-14/h4-14,27H,2-3,31H2,1H3,(H,35,40)(H,36,37)(H,38,39). The van der Waals surface area contributed by atoms with Gasteiger partial charge in [-0.15, -0.1) is 0 Å². The molecule has 1 unspecified atom stereocenters. The third-order valence-electron chi connectivity index (χ3n) is 7.34. The normalized spacial score (nSPS) is 14.3. The molecule has 1 aliphatic carbocycles. The van der Waals surface area contributed by atoms with Crippen molar-refractivity contribution in [1.82, 2.24) is 35.1 Å². The number of rotatable bonds is 7. The highest BCUT2D eigenvalue weighted by Crippen LogP contribution is 2.34. The first-order valence-electron chi connectivity index (χ1n) is 13.3. The molecule has 216 valence electrons. The maximum atomic E-state index is 14.6. The number of anilines is 1. The second-order valence-corrected chi connectivity index (χ2v) is 12.8. The molecule has 0 spiro atoms. The third kappa shape index (κ3) is 5.10. The van der Waals surface area contributed by atoms with Crippen LogP contribution in [-0.2, 0) is 14.6 Å². The number of hydrogen-bond acceptors (Lipinski definition) is 9. The van der Waals surface area contributed by atoms with Gasteiger partial charge in [-0.25, -0.2) is 17.8 Å². The van der Waals surface area contributed by atoms with Gasteiger partial charge in [0.1, 0.15) is 16.9 Å². The van der Waals surface area contributed by atoms with Crippen molar-refractivity contribution in [1.29, 1.82) is 0 Å². The van der Waals surface area contributed by atoms with Gasteiger partial charge in [0, 0.05) is 41.1 Å². The lowest BCUT2D eigenvalue weighted by Gasteiger charge is -2.12. The molecular weight excluding hydrogens is 573 g/mol. The average molecular weight is 598 g/mol. The number of imidazole rings is 1. The van der Waals surface area contributed by atoms with E-state index in [2.05, 4.69) is 35.5 Å². The SMILES string of the molecule is CS(=O)(=O)C(N)c1cc(F)cc(-c2cncc3[nH]c(-c4n[nH]c5cnc(-c6cncc(NC(=O)C7CC7)c6)cc45)nc23)c1. The van der Waals surface area contributed by atoms with Crippen LogP contribution in [0.15, 0.2) is 61.3 Å². The number of hydrogen-bond donors (Lipinski definition) is 4. The summed E-state index contributed by atoms with van der Waals surface area (Å²) in [6.07, 6.45) is 10.9. The van der Waals surface area contributed by atoms with E-state index in [9.17, 15) is 17.6 Å². The second-order valence-electron chi connectivity index (χ2n) is 10.6. The van der Waals surface area contributed by atoms with Gasteiger partial charge < -0.3 is 16.0 Å². The van der Waals surface area contributed by atoms with Crippen LogP contribution < -0.4 is 11.1 Å². The lowest BCUT2D eigenvalue weighted by atomic mass is 10.0. The average Bonchev–Trinajstić information content (AvgIpc) is 3.62. The molecule has 1 amide bonds. The van der Waals surface area contributed by atoms with Crippen molar-refractivity contribution in [3.8, 4) is 33.9 Å². The topological polar surface area (TPSA) is 185 Å². The zero-order valence-corrected chi connectivity index (χ0v) is 23.5. The Morgan fingerprint density at radius 2 is 1.84 bits per heavy atom. The molecule has 0 radical (unpaired) electrons. The first kappa shape index (κ1) is 26.8. The Kier molecular flexibility index (Phi) is 6.25. The van der Waals surface area contributed by atoms with Crippen LogP contribution in [0.3, 0.4) is 0 Å². The van der Waals surface area contributed by atoms with E-state index in [1.807, 2.05) is 12.1 Å². The van der Waals surface area contributed by atoms with Gasteiger partial charge in [0.05, 0.1) is 46.5 Å². The van der Waals surface area contributed by atoms with Gasteiger partial charge in [-0.1, -0.05) is 0 Å². The molecule has 1 aliphatic rings. The van der Waals surface area contributed by atoms with E-state index in [1.54, 1.807) is 24.8 Å². The molecular formula is C29H24FN9O3S. The number of aromatic nitrogens is 7. The summed E-state index contributed by atoms with van der Waals surface area (Å²) in [6, 6.07) is 7.59. The van der Waals surface area contributed by atoms with Gasteiger partial charge in [0.2, 0.25) is 5.91 Å². The fraction of sp³-hybridized carbons (Fsp3) is 0.172. The molecule has 0 aliphatic heterocycles. The number of amides is 1. The van der Waals surface area contributed by atoms with Crippen LogP contribution in [0.5, 0.6) is 0 Å². The summed E-state index contributed by atoms with van der Waals surface area (Å²) < 4.78 is 38.7. The monoisotopic (exact) mass is 597 g/mol. The van der Waals surface area contributed by atoms with Crippen LogP contribution in [-0.4, -0.2) is 55.7 Å². The number of carbonyl (C=O) groups excluding carboxylic acids is 1. The van der Waals surface area contributed by atoms with Crippen molar-refractivity contribution in [3.05, 3.63) is 72.7 Å². The van der Waals surface area contributed by atoms with E-state index in [0.29, 0.717) is 56.1 Å². The molecule has 14 heteroatoms. The minimum Gasteiger partial charge on any atom is -0.335 e. The molecule has 5 aromatic heterocycles. The van der Waals surface area contributed by atoms with E-state index < -0.39 is 21.0 Å². The molecule has 0 bridgehead atoms. The predicted molar refractivity (Wildman–Crippen MR) is 159 cm³/mol. The Hall–Kier alpha value is -5.08. The summed E-state index contributed by atoms with van der Waals surface area (Å²) in [5, 5.41) is 9.70. The number of benzene rings is 1. The van der Waals surface area contributed by atoms with Crippen molar-refractivity contribution >= 4 is 43.4 Å². The molecule has 0 saturated heterocycles. The molecule has 1 atom stereocenters. The molecule has 5 heterocycles. The minimum absolute atomic E-state index is 0.00839. The summed E-state index contributed by atoms with van der Waals surface area (Å²) in [5.41, 5.74) is 11.1. The molecule has 43 heavy (non-hydrogen) atoms. The van der Waals surface area contributed by atoms with E-state index in [4.69, 9.17) is 10.7 Å². The van der Waals surface area contributed by atoms with E-state index in [1.165, 1.54) is 18.3 Å². The van der Waals surface area contributed by atoms with Gasteiger partial charge in [-0.3, -0.25) is 24.8 Å². The van der Waals surface area contributed by atoms with Crippen molar-refractivity contribution in [2.45, 2.75) is 18.2 Å². The highest BCUT2D eigenvalue weighted by Gasteiger charge is 2.29. The summed E-state index contributed by atoms with van der Waals surface area (Å²) in [5.74, 6) is -0.144. The van der Waals surface area contributed by atoms with Crippen molar-refractivity contribution in [2.75, 3.05) is 11.6 Å². The second kappa shape index (κ2) is 10.0. The fourth-order valence-corrected chi connectivity index (χ4v) is 5.56. The zero-order valence-electron chi connectivity index (χ0n) is 22.7. The van der Waals surface area contributed by atoms with Crippen molar-refractivity contribution in [3.63, 3.8) is 0 Å². The highest BCUT2D eigenvalue weighted by atomic mass is 32.2. The molecule has 1 saturated carbocycles. The minimum atomic E-state index is -3.66. The number of halogens is 1. The summed E-state index contributed by atoms with van der Waals surface area (Å²) in [4.78, 5) is 33.3. The number of pyridine rings is 3. The number of carbonyl (C=O) groups is 1. The molecule has 1 aromatic carbocycles. The quantitative estimate of drug-likeness (QED) is 0.210. The number of nitrogens with one attached hydrogen (secondary N) is 3. The van der Waals surface area contributed by atoms with E-state index >= 15 is 0 Å². The van der Waals surface area contributed by atoms with E-state index in [-0.39, 0.29) is 17.4 Å². The Morgan fingerprint density at radius 3 is 2.63 bits per heavy atom. The van der Waals surface area contributed by atoms with Crippen LogP contribution in [0, 0.1) is 11.7 Å². The van der Waals surface area contributed by atoms with Crippen LogP contribution in [0.1, 0.15) is 23.8 Å². The van der Waals surface area contributed by atoms with Crippen LogP contribution >= 0.6 is 0 Å². The third-order valence-corrected chi connectivity index (χ3v) is 8.53.